The predicted molar refractivity (Wildman–Crippen MR) is 143 cm³/mol. The maximum Gasteiger partial charge on any atom is 0.333 e. The van der Waals surface area contributed by atoms with Gasteiger partial charge in [-0.3, -0.25) is 14.2 Å². The van der Waals surface area contributed by atoms with E-state index in [0.29, 0.717) is 22.3 Å². The first-order valence-electron chi connectivity index (χ1n) is 12.4. The summed E-state index contributed by atoms with van der Waals surface area (Å²) >= 11 is 1.28. The second-order valence-corrected chi connectivity index (χ2v) is 10.6. The summed E-state index contributed by atoms with van der Waals surface area (Å²) in [7, 11) is 1.50. The first-order chi connectivity index (χ1) is 19.1. The number of imidazole rings is 1. The number of piperidine rings is 1. The van der Waals surface area contributed by atoms with Crippen LogP contribution >= 0.6 is 11.3 Å². The lowest BCUT2D eigenvalue weighted by molar-refractivity contribution is -0.118. The van der Waals surface area contributed by atoms with Crippen LogP contribution in [0.4, 0.5) is 20.5 Å². The van der Waals surface area contributed by atoms with Crippen molar-refractivity contribution in [2.45, 2.75) is 32.4 Å². The lowest BCUT2D eigenvalue weighted by atomic mass is 10.3. The minimum absolute atomic E-state index is 0.0784. The molecule has 12 nitrogen and oxygen atoms in total. The minimum Gasteiger partial charge on any atom is -0.340 e. The third-order valence-corrected chi connectivity index (χ3v) is 8.28. The molecule has 2 fully saturated rings. The lowest BCUT2D eigenvalue weighted by Crippen LogP contribution is -2.40. The van der Waals surface area contributed by atoms with Crippen LogP contribution in [0.1, 0.15) is 19.9 Å². The number of aryl methyl sites for hydroxylation is 1. The first kappa shape index (κ1) is 25.8. The number of amides is 1. The summed E-state index contributed by atoms with van der Waals surface area (Å²) in [6.07, 6.45) is 4.50. The van der Waals surface area contributed by atoms with Crippen LogP contribution in [-0.4, -0.2) is 58.6 Å². The third-order valence-electron chi connectivity index (χ3n) is 7.39. The van der Waals surface area contributed by atoms with Crippen LogP contribution in [0.5, 0.6) is 0 Å². The number of carbonyl (C=O) groups is 1. The molecule has 1 N–H and O–H groups in total. The van der Waals surface area contributed by atoms with Crippen molar-refractivity contribution in [1.82, 2.24) is 33.6 Å². The molecule has 1 saturated heterocycles. The predicted octanol–water partition coefficient (Wildman–Crippen LogP) is 1.73. The van der Waals surface area contributed by atoms with E-state index in [0.717, 1.165) is 4.57 Å². The Bertz CT molecular complexity index is 1820. The highest BCUT2D eigenvalue weighted by Gasteiger charge is 2.72. The molecular weight excluding hydrogens is 544 g/mol. The van der Waals surface area contributed by atoms with Gasteiger partial charge in [-0.25, -0.2) is 38.1 Å². The Morgan fingerprint density at radius 2 is 1.93 bits per heavy atom. The maximum absolute atomic E-state index is 13.5. The van der Waals surface area contributed by atoms with Gasteiger partial charge in [0, 0.05) is 43.5 Å². The van der Waals surface area contributed by atoms with E-state index in [1.54, 1.807) is 36.5 Å². The largest absolute Gasteiger partial charge is 0.340 e. The number of fused-ring (bicyclic) bond motifs is 2. The van der Waals surface area contributed by atoms with Gasteiger partial charge in [-0.1, -0.05) is 5.92 Å². The molecule has 1 saturated carbocycles. The molecule has 0 bridgehead atoms. The van der Waals surface area contributed by atoms with E-state index in [2.05, 4.69) is 37.1 Å². The number of nitrogens with zero attached hydrogens (tertiary/aromatic N) is 8. The van der Waals surface area contributed by atoms with Gasteiger partial charge in [0.1, 0.15) is 16.9 Å². The number of halogens is 2. The van der Waals surface area contributed by atoms with E-state index in [-0.39, 0.29) is 30.8 Å². The number of nitrogens with one attached hydrogen (secondary N) is 1. The number of anilines is 2. The molecule has 15 heteroatoms. The summed E-state index contributed by atoms with van der Waals surface area (Å²) in [5.74, 6) is 1.84. The van der Waals surface area contributed by atoms with Crippen LogP contribution in [0.3, 0.4) is 0 Å². The van der Waals surface area contributed by atoms with Crippen molar-refractivity contribution in [3.8, 4) is 22.4 Å². The van der Waals surface area contributed by atoms with Gasteiger partial charge in [0.05, 0.1) is 24.7 Å². The van der Waals surface area contributed by atoms with Gasteiger partial charge in [-0.05, 0) is 13.8 Å². The Morgan fingerprint density at radius 1 is 1.23 bits per heavy atom. The van der Waals surface area contributed by atoms with Gasteiger partial charge in [-0.15, -0.1) is 17.3 Å². The average Bonchev–Trinajstić information content (AvgIpc) is 3.53. The molecule has 206 valence electrons. The molecule has 6 rings (SSSR count). The van der Waals surface area contributed by atoms with Crippen molar-refractivity contribution in [3.05, 3.63) is 44.9 Å². The monoisotopic (exact) mass is 567 g/mol. The zero-order chi connectivity index (χ0) is 28.3. The molecule has 2 unspecified atom stereocenters. The lowest BCUT2D eigenvalue weighted by Gasteiger charge is -2.19. The van der Waals surface area contributed by atoms with E-state index in [4.69, 9.17) is 0 Å². The molecule has 3 atom stereocenters. The molecule has 1 aliphatic heterocycles. The number of hydrogen-bond acceptors (Lipinski definition) is 9. The van der Waals surface area contributed by atoms with Crippen LogP contribution in [0.2, 0.25) is 0 Å². The van der Waals surface area contributed by atoms with Crippen molar-refractivity contribution in [2.24, 2.45) is 18.9 Å². The number of carbonyl (C=O) groups excluding carboxylic acids is 1. The second-order valence-electron chi connectivity index (χ2n) is 9.75. The Balaban J connectivity index is 1.18. The zero-order valence-corrected chi connectivity index (χ0v) is 22.4. The molecule has 4 aromatic heterocycles. The molecular formula is C25H23F2N9O3S. The highest BCUT2D eigenvalue weighted by molar-refractivity contribution is 7.13. The van der Waals surface area contributed by atoms with E-state index in [9.17, 15) is 23.2 Å². The van der Waals surface area contributed by atoms with E-state index < -0.39 is 41.0 Å². The molecule has 40 heavy (non-hydrogen) atoms. The van der Waals surface area contributed by atoms with Gasteiger partial charge >= 0.3 is 5.69 Å². The quantitative estimate of drug-likeness (QED) is 0.349. The standard InChI is InChI=1S/C25H23F2N9O3S/c1-4-5-6-35-22(38)18-19(33(3)24(35)39)30-12-36(18)13(2)20(37)31-17-11-40-21(32-17)14-7-28-23(29-8-14)34-9-15-16(10-34)25(15,26)27/h7-8,11-13,15-16H,6,9-10H2,1-3H3,(H,31,37)/t13-,15?,16?/m0/s1. The summed E-state index contributed by atoms with van der Waals surface area (Å²) in [6, 6.07) is -0.854. The summed E-state index contributed by atoms with van der Waals surface area (Å²) in [5, 5.41) is 4.97. The fraction of sp³-hybridized carbons (Fsp3) is 0.400. The average molecular weight is 568 g/mol. The maximum atomic E-state index is 13.5. The molecule has 0 spiro atoms. The molecule has 1 aliphatic carbocycles. The van der Waals surface area contributed by atoms with Crippen molar-refractivity contribution < 1.29 is 13.6 Å². The highest BCUT2D eigenvalue weighted by atomic mass is 32.1. The molecule has 4 aromatic rings. The van der Waals surface area contributed by atoms with Gasteiger partial charge in [0.2, 0.25) is 11.9 Å². The Hall–Kier alpha value is -4.45. The van der Waals surface area contributed by atoms with Gasteiger partial charge in [-0.2, -0.15) is 0 Å². The summed E-state index contributed by atoms with van der Waals surface area (Å²) in [6.45, 7) is 3.62. The number of alkyl halides is 2. The molecule has 1 amide bonds. The number of aromatic nitrogens is 7. The Morgan fingerprint density at radius 3 is 2.60 bits per heavy atom. The van der Waals surface area contributed by atoms with Gasteiger partial charge in [0.15, 0.2) is 11.2 Å². The topological polar surface area (TPSA) is 133 Å². The van der Waals surface area contributed by atoms with Crippen molar-refractivity contribution in [3.63, 3.8) is 0 Å². The Kier molecular flexibility index (Phi) is 6.02. The highest BCUT2D eigenvalue weighted by Crippen LogP contribution is 2.59. The minimum atomic E-state index is -2.57. The van der Waals surface area contributed by atoms with Crippen LogP contribution in [0.15, 0.2) is 33.7 Å². The number of hydrogen-bond donors (Lipinski definition) is 1. The van der Waals surface area contributed by atoms with Gasteiger partial charge < -0.3 is 14.8 Å². The van der Waals surface area contributed by atoms with Crippen molar-refractivity contribution in [2.75, 3.05) is 23.3 Å². The second kappa shape index (κ2) is 9.33. The third kappa shape index (κ3) is 4.06. The fourth-order valence-corrected chi connectivity index (χ4v) is 5.69. The van der Waals surface area contributed by atoms with E-state index in [1.807, 2.05) is 0 Å². The summed E-state index contributed by atoms with van der Waals surface area (Å²) in [5.41, 5.74) is -0.244. The van der Waals surface area contributed by atoms with Crippen LogP contribution in [0.25, 0.3) is 21.7 Å². The molecule has 0 radical (unpaired) electrons. The smallest absolute Gasteiger partial charge is 0.333 e. The van der Waals surface area contributed by atoms with E-state index >= 15 is 0 Å². The molecule has 2 aliphatic rings. The first-order valence-corrected chi connectivity index (χ1v) is 13.3. The molecule has 0 aromatic carbocycles. The van der Waals surface area contributed by atoms with Crippen molar-refractivity contribution >= 4 is 40.2 Å². The number of thiazole rings is 1. The normalized spacial score (nSPS) is 19.7. The van der Waals surface area contributed by atoms with E-state index in [1.165, 1.54) is 33.8 Å². The summed E-state index contributed by atoms with van der Waals surface area (Å²) in [4.78, 5) is 57.9. The van der Waals surface area contributed by atoms with Crippen molar-refractivity contribution in [1.29, 1.82) is 0 Å². The van der Waals surface area contributed by atoms with Crippen LogP contribution < -0.4 is 21.5 Å². The SMILES string of the molecule is CC#CCn1c(=O)c2c(ncn2[C@@H](C)C(=O)Nc2csc(-c3cnc(N4CC5C(C4)C5(F)F)nc3)n2)n(C)c1=O. The Labute approximate surface area is 229 Å². The van der Waals surface area contributed by atoms with Crippen LogP contribution in [-0.2, 0) is 18.4 Å². The fourth-order valence-electron chi connectivity index (χ4n) is 4.97. The number of rotatable bonds is 6. The van der Waals surface area contributed by atoms with Gasteiger partial charge in [0.25, 0.3) is 11.5 Å². The summed E-state index contributed by atoms with van der Waals surface area (Å²) < 4.78 is 30.6. The molecule has 5 heterocycles. The van der Waals surface area contributed by atoms with Crippen LogP contribution in [0, 0.1) is 23.7 Å². The zero-order valence-electron chi connectivity index (χ0n) is 21.6.